The van der Waals surface area contributed by atoms with E-state index in [2.05, 4.69) is 31.3 Å². The van der Waals surface area contributed by atoms with Gasteiger partial charge in [-0.05, 0) is 35.1 Å². The summed E-state index contributed by atoms with van der Waals surface area (Å²) in [7, 11) is 0. The molecule has 354 valence electrons. The molecule has 0 fully saturated rings. The lowest BCUT2D eigenvalue weighted by atomic mass is 9.98. The standard InChI is InChI=1S/C53H83NO8S/c1-3-5-7-9-11-13-15-17-19-21-23-25-27-37-50(55)60-39-43(62-51(56)38-28-26-24-22-20-18-16-14-12-10-8-6-4-2)41-63-42-49(52(57)58)54-53(59)61-40-48-46-35-31-29-33-44(46)45-34-30-32-36-47(45)48/h29-36,43,48-49H,3-28,37-42H2,1-2H3,(H,54,59)(H,57,58)/t43-,49-/m1/s1. The number of esters is 2. The van der Waals surface area contributed by atoms with Crippen molar-refractivity contribution in [3.63, 3.8) is 0 Å². The second-order valence-corrected chi connectivity index (χ2v) is 18.8. The molecule has 63 heavy (non-hydrogen) atoms. The Hall–Kier alpha value is -3.53. The van der Waals surface area contributed by atoms with Gasteiger partial charge in [0.05, 0.1) is 0 Å². The van der Waals surface area contributed by atoms with Crippen LogP contribution in [0.2, 0.25) is 0 Å². The van der Waals surface area contributed by atoms with Gasteiger partial charge in [-0.1, -0.05) is 216 Å². The van der Waals surface area contributed by atoms with Crippen LogP contribution in [0.3, 0.4) is 0 Å². The van der Waals surface area contributed by atoms with Crippen LogP contribution in [0.5, 0.6) is 0 Å². The van der Waals surface area contributed by atoms with Gasteiger partial charge in [-0.15, -0.1) is 0 Å². The van der Waals surface area contributed by atoms with Gasteiger partial charge in [0, 0.05) is 30.3 Å². The minimum Gasteiger partial charge on any atom is -0.480 e. The third-order valence-corrected chi connectivity index (χ3v) is 13.4. The van der Waals surface area contributed by atoms with Gasteiger partial charge in [0.1, 0.15) is 25.4 Å². The number of carbonyl (C=O) groups is 4. The first-order valence-electron chi connectivity index (χ1n) is 25.1. The summed E-state index contributed by atoms with van der Waals surface area (Å²) in [4.78, 5) is 50.8. The Balaban J connectivity index is 1.39. The maximum atomic E-state index is 13.0. The average Bonchev–Trinajstić information content (AvgIpc) is 3.60. The van der Waals surface area contributed by atoms with Gasteiger partial charge < -0.3 is 24.6 Å². The lowest BCUT2D eigenvalue weighted by Crippen LogP contribution is -2.43. The normalized spacial score (nSPS) is 12.9. The van der Waals surface area contributed by atoms with Gasteiger partial charge in [-0.2, -0.15) is 11.8 Å². The molecule has 1 aliphatic carbocycles. The molecule has 1 amide bonds. The van der Waals surface area contributed by atoms with E-state index in [0.29, 0.717) is 6.42 Å². The highest BCUT2D eigenvalue weighted by Gasteiger charge is 2.30. The summed E-state index contributed by atoms with van der Waals surface area (Å²) in [5.41, 5.74) is 4.34. The van der Waals surface area contributed by atoms with Crippen LogP contribution in [0.15, 0.2) is 48.5 Å². The molecule has 0 bridgehead atoms. The minimum atomic E-state index is -1.23. The lowest BCUT2D eigenvalue weighted by molar-refractivity contribution is -0.157. The second kappa shape index (κ2) is 34.8. The molecule has 0 saturated carbocycles. The van der Waals surface area contributed by atoms with Crippen LogP contribution >= 0.6 is 11.8 Å². The van der Waals surface area contributed by atoms with Crippen LogP contribution in [-0.2, 0) is 28.6 Å². The largest absolute Gasteiger partial charge is 0.480 e. The first-order chi connectivity index (χ1) is 30.8. The van der Waals surface area contributed by atoms with Gasteiger partial charge in [0.25, 0.3) is 0 Å². The fourth-order valence-corrected chi connectivity index (χ4v) is 9.49. The summed E-state index contributed by atoms with van der Waals surface area (Å²) in [5, 5.41) is 12.5. The molecule has 2 aromatic carbocycles. The van der Waals surface area contributed by atoms with Crippen molar-refractivity contribution in [3.05, 3.63) is 59.7 Å². The lowest BCUT2D eigenvalue weighted by Gasteiger charge is -2.20. The number of hydrogen-bond acceptors (Lipinski definition) is 8. The summed E-state index contributed by atoms with van der Waals surface area (Å²) in [6, 6.07) is 14.8. The molecule has 0 spiro atoms. The molecule has 0 unspecified atom stereocenters. The number of hydrogen-bond donors (Lipinski definition) is 2. The van der Waals surface area contributed by atoms with Crippen LogP contribution < -0.4 is 5.32 Å². The number of unbranched alkanes of at least 4 members (excludes halogenated alkanes) is 24. The maximum Gasteiger partial charge on any atom is 0.407 e. The molecule has 2 N–H and O–H groups in total. The van der Waals surface area contributed by atoms with Crippen molar-refractivity contribution in [3.8, 4) is 11.1 Å². The average molecular weight is 894 g/mol. The molecule has 2 atom stereocenters. The van der Waals surface area contributed by atoms with Crippen molar-refractivity contribution < 1.29 is 38.5 Å². The number of carboxylic acids is 1. The van der Waals surface area contributed by atoms with Crippen LogP contribution in [0.4, 0.5) is 4.79 Å². The number of aliphatic carboxylic acids is 1. The number of carbonyl (C=O) groups excluding carboxylic acids is 3. The quantitative estimate of drug-likeness (QED) is 0.0383. The summed E-state index contributed by atoms with van der Waals surface area (Å²) < 4.78 is 17.0. The Labute approximate surface area is 385 Å². The Morgan fingerprint density at radius 3 is 1.41 bits per heavy atom. The minimum absolute atomic E-state index is 0.0132. The van der Waals surface area contributed by atoms with Gasteiger partial charge >= 0.3 is 24.0 Å². The Bertz CT molecular complexity index is 1500. The fraction of sp³-hybridized carbons (Fsp3) is 0.698. The van der Waals surface area contributed by atoms with E-state index in [-0.39, 0.29) is 49.0 Å². The molecule has 10 heteroatoms. The zero-order valence-electron chi connectivity index (χ0n) is 39.2. The molecular weight excluding hydrogens is 811 g/mol. The zero-order valence-corrected chi connectivity index (χ0v) is 40.0. The zero-order chi connectivity index (χ0) is 45.2. The predicted octanol–water partition coefficient (Wildman–Crippen LogP) is 14.1. The predicted molar refractivity (Wildman–Crippen MR) is 258 cm³/mol. The molecule has 0 radical (unpaired) electrons. The first kappa shape index (κ1) is 53.8. The number of benzene rings is 2. The van der Waals surface area contributed by atoms with E-state index in [0.717, 1.165) is 60.8 Å². The highest BCUT2D eigenvalue weighted by atomic mass is 32.2. The summed E-state index contributed by atoms with van der Waals surface area (Å²) >= 11 is 1.22. The van der Waals surface area contributed by atoms with Crippen molar-refractivity contribution in [1.29, 1.82) is 0 Å². The molecule has 3 rings (SSSR count). The van der Waals surface area contributed by atoms with Gasteiger partial charge in [-0.25, -0.2) is 9.59 Å². The first-order valence-corrected chi connectivity index (χ1v) is 26.3. The van der Waals surface area contributed by atoms with Crippen molar-refractivity contribution in [1.82, 2.24) is 5.32 Å². The maximum absolute atomic E-state index is 13.0. The van der Waals surface area contributed by atoms with E-state index in [1.807, 2.05) is 36.4 Å². The third-order valence-electron chi connectivity index (χ3n) is 12.2. The summed E-state index contributed by atoms with van der Waals surface area (Å²) in [6.07, 6.45) is 30.8. The number of carboxylic acid groups (broad SMARTS) is 1. The van der Waals surface area contributed by atoms with Crippen molar-refractivity contribution in [2.75, 3.05) is 24.7 Å². The van der Waals surface area contributed by atoms with E-state index in [1.165, 1.54) is 140 Å². The number of fused-ring (bicyclic) bond motifs is 3. The number of rotatable bonds is 39. The van der Waals surface area contributed by atoms with E-state index in [1.54, 1.807) is 0 Å². The molecule has 0 heterocycles. The molecule has 0 saturated heterocycles. The Morgan fingerprint density at radius 1 is 0.556 bits per heavy atom. The number of thioether (sulfide) groups is 1. The monoisotopic (exact) mass is 894 g/mol. The molecule has 0 aliphatic heterocycles. The highest BCUT2D eigenvalue weighted by molar-refractivity contribution is 7.99. The van der Waals surface area contributed by atoms with Crippen LogP contribution in [-0.4, -0.2) is 66.0 Å². The SMILES string of the molecule is CCCCCCCCCCCCCCCC(=O)OC[C@H](CSC[C@@H](NC(=O)OCC1c2ccccc2-c2ccccc21)C(=O)O)OC(=O)CCCCCCCCCCCCCCC. The number of nitrogens with one attached hydrogen (secondary N) is 1. The van der Waals surface area contributed by atoms with Crippen molar-refractivity contribution in [2.45, 2.75) is 212 Å². The molecule has 1 aliphatic rings. The van der Waals surface area contributed by atoms with E-state index in [9.17, 15) is 24.3 Å². The van der Waals surface area contributed by atoms with Crippen LogP contribution in [0.1, 0.15) is 211 Å². The number of alkyl carbamates (subject to hydrolysis) is 1. The topological polar surface area (TPSA) is 128 Å². The number of amides is 1. The Kier molecular flexibility index (Phi) is 29.7. The van der Waals surface area contributed by atoms with E-state index < -0.39 is 24.2 Å². The fourth-order valence-electron chi connectivity index (χ4n) is 8.47. The molecule has 0 aromatic heterocycles. The van der Waals surface area contributed by atoms with Gasteiger partial charge in [0.15, 0.2) is 0 Å². The van der Waals surface area contributed by atoms with E-state index in [4.69, 9.17) is 14.2 Å². The second-order valence-electron chi connectivity index (χ2n) is 17.7. The molecular formula is C53H83NO8S. The van der Waals surface area contributed by atoms with Gasteiger partial charge in [0.2, 0.25) is 0 Å². The Morgan fingerprint density at radius 2 is 0.968 bits per heavy atom. The van der Waals surface area contributed by atoms with Crippen LogP contribution in [0, 0.1) is 0 Å². The highest BCUT2D eigenvalue weighted by Crippen LogP contribution is 2.44. The molecule has 9 nitrogen and oxygen atoms in total. The number of ether oxygens (including phenoxy) is 3. The summed E-state index contributed by atoms with van der Waals surface area (Å²) in [6.45, 7) is 4.48. The van der Waals surface area contributed by atoms with E-state index >= 15 is 0 Å². The van der Waals surface area contributed by atoms with Crippen molar-refractivity contribution in [2.24, 2.45) is 0 Å². The van der Waals surface area contributed by atoms with Crippen LogP contribution in [0.25, 0.3) is 11.1 Å². The summed E-state index contributed by atoms with van der Waals surface area (Å²) in [5.74, 6) is -1.78. The smallest absolute Gasteiger partial charge is 0.407 e. The van der Waals surface area contributed by atoms with Gasteiger partial charge in [-0.3, -0.25) is 9.59 Å². The third kappa shape index (κ3) is 23.8. The molecule has 2 aromatic rings. The van der Waals surface area contributed by atoms with Crippen molar-refractivity contribution >= 4 is 35.8 Å².